The molecule has 1 amide bonds. The number of carbonyl (C=O) groups excluding carboxylic acids is 1. The molecule has 0 saturated heterocycles. The highest BCUT2D eigenvalue weighted by Gasteiger charge is 2.51. The van der Waals surface area contributed by atoms with Gasteiger partial charge in [-0.3, -0.25) is 4.79 Å². The van der Waals surface area contributed by atoms with Crippen molar-refractivity contribution in [2.45, 2.75) is 5.41 Å². The first kappa shape index (κ1) is 14.5. The topological polar surface area (TPSA) is 29.1 Å². The van der Waals surface area contributed by atoms with Gasteiger partial charge < -0.3 is 5.32 Å². The molecule has 1 heterocycles. The summed E-state index contributed by atoms with van der Waals surface area (Å²) >= 11 is 6.25. The van der Waals surface area contributed by atoms with Crippen LogP contribution in [-0.2, 0) is 10.2 Å². The summed E-state index contributed by atoms with van der Waals surface area (Å²) < 4.78 is 0. The molecule has 0 aromatic heterocycles. The van der Waals surface area contributed by atoms with E-state index in [-0.39, 0.29) is 5.91 Å². The van der Waals surface area contributed by atoms with Gasteiger partial charge in [-0.05, 0) is 40.5 Å². The fraction of sp³-hybridized carbons (Fsp3) is 0.0455. The molecule has 3 aromatic carbocycles. The second-order valence-electron chi connectivity index (χ2n) is 6.42. The summed E-state index contributed by atoms with van der Waals surface area (Å²) in [5, 5.41) is 3.66. The molecular formula is C22H14ClNO. The van der Waals surface area contributed by atoms with Gasteiger partial charge in [0.25, 0.3) is 0 Å². The van der Waals surface area contributed by atoms with Crippen LogP contribution in [0.1, 0.15) is 22.3 Å². The lowest BCUT2D eigenvalue weighted by Gasteiger charge is -2.21. The summed E-state index contributed by atoms with van der Waals surface area (Å²) in [6, 6.07) is 23.9. The fourth-order valence-corrected chi connectivity index (χ4v) is 4.17. The highest BCUT2D eigenvalue weighted by atomic mass is 35.5. The van der Waals surface area contributed by atoms with Gasteiger partial charge >= 0.3 is 0 Å². The van der Waals surface area contributed by atoms with E-state index in [0.717, 1.165) is 33.5 Å². The molecule has 0 fully saturated rings. The van der Waals surface area contributed by atoms with Gasteiger partial charge in [0.15, 0.2) is 0 Å². The maximum atomic E-state index is 13.1. The number of hydrogen-bond acceptors (Lipinski definition) is 1. The summed E-state index contributed by atoms with van der Waals surface area (Å²) in [4.78, 5) is 13.1. The van der Waals surface area contributed by atoms with Crippen molar-refractivity contribution in [2.24, 2.45) is 0 Å². The summed E-state index contributed by atoms with van der Waals surface area (Å²) in [5.74, 6) is -0.0249. The lowest BCUT2D eigenvalue weighted by Crippen LogP contribution is -2.32. The van der Waals surface area contributed by atoms with Crippen LogP contribution in [0.15, 0.2) is 78.9 Å². The number of halogens is 1. The molecule has 0 bridgehead atoms. The Hall–Kier alpha value is -2.84. The molecule has 1 N–H and O–H groups in total. The van der Waals surface area contributed by atoms with E-state index in [1.165, 1.54) is 0 Å². The van der Waals surface area contributed by atoms with E-state index in [0.29, 0.717) is 5.02 Å². The summed E-state index contributed by atoms with van der Waals surface area (Å²) in [6.45, 7) is 0. The Morgan fingerprint density at radius 1 is 0.840 bits per heavy atom. The van der Waals surface area contributed by atoms with Crippen molar-refractivity contribution in [1.29, 1.82) is 0 Å². The van der Waals surface area contributed by atoms with Gasteiger partial charge in [-0.1, -0.05) is 72.3 Å². The second kappa shape index (κ2) is 5.08. The maximum absolute atomic E-state index is 13.1. The minimum Gasteiger partial charge on any atom is -0.324 e. The van der Waals surface area contributed by atoms with Gasteiger partial charge in [0.1, 0.15) is 5.41 Å². The molecule has 0 saturated carbocycles. The summed E-state index contributed by atoms with van der Waals surface area (Å²) in [6.07, 6.45) is 2.09. The molecule has 25 heavy (non-hydrogen) atoms. The summed E-state index contributed by atoms with van der Waals surface area (Å²) in [5.41, 5.74) is 5.22. The Labute approximate surface area is 150 Å². The van der Waals surface area contributed by atoms with Gasteiger partial charge in [-0.15, -0.1) is 0 Å². The predicted molar refractivity (Wildman–Crippen MR) is 101 cm³/mol. The zero-order chi connectivity index (χ0) is 17.0. The van der Waals surface area contributed by atoms with E-state index >= 15 is 0 Å². The molecule has 120 valence electrons. The third-order valence-corrected chi connectivity index (χ3v) is 5.34. The van der Waals surface area contributed by atoms with Crippen molar-refractivity contribution in [3.05, 3.63) is 106 Å². The monoisotopic (exact) mass is 343 g/mol. The van der Waals surface area contributed by atoms with E-state index in [1.807, 2.05) is 54.6 Å². The number of nitrogens with one attached hydrogen (secondary N) is 1. The van der Waals surface area contributed by atoms with Gasteiger partial charge in [0.05, 0.1) is 0 Å². The van der Waals surface area contributed by atoms with Crippen LogP contribution in [0.5, 0.6) is 0 Å². The first-order valence-corrected chi connectivity index (χ1v) is 8.57. The highest BCUT2D eigenvalue weighted by Crippen LogP contribution is 2.52. The number of benzene rings is 3. The number of carbonyl (C=O) groups is 1. The molecule has 2 nitrogen and oxygen atoms in total. The minimum absolute atomic E-state index is 0.0249. The lowest BCUT2D eigenvalue weighted by atomic mass is 9.77. The standard InChI is InChI=1S/C22H14ClNO/c23-15-10-11-20-19(12-15)22(21(25)24-20)13-17(14-6-2-1-3-7-14)16-8-4-5-9-18(16)22/h1-13H,(H,24,25). The Morgan fingerprint density at radius 2 is 1.60 bits per heavy atom. The first-order chi connectivity index (χ1) is 12.2. The highest BCUT2D eigenvalue weighted by molar-refractivity contribution is 6.31. The number of hydrogen-bond donors (Lipinski definition) is 1. The average molecular weight is 344 g/mol. The van der Waals surface area contributed by atoms with E-state index in [1.54, 1.807) is 0 Å². The van der Waals surface area contributed by atoms with Crippen LogP contribution in [0.3, 0.4) is 0 Å². The molecule has 1 atom stereocenters. The Morgan fingerprint density at radius 3 is 2.44 bits per heavy atom. The van der Waals surface area contributed by atoms with E-state index in [2.05, 4.69) is 29.6 Å². The molecule has 1 unspecified atom stereocenters. The van der Waals surface area contributed by atoms with Gasteiger partial charge in [0.2, 0.25) is 5.91 Å². The molecule has 3 aromatic rings. The van der Waals surface area contributed by atoms with Crippen molar-refractivity contribution in [3.63, 3.8) is 0 Å². The molecule has 1 aliphatic carbocycles. The van der Waals surface area contributed by atoms with Crippen LogP contribution < -0.4 is 5.32 Å². The van der Waals surface area contributed by atoms with Gasteiger partial charge in [-0.2, -0.15) is 0 Å². The van der Waals surface area contributed by atoms with Crippen molar-refractivity contribution in [2.75, 3.05) is 5.32 Å². The smallest absolute Gasteiger partial charge is 0.243 e. The zero-order valence-corrected chi connectivity index (χ0v) is 14.0. The number of amides is 1. The van der Waals surface area contributed by atoms with Crippen LogP contribution in [-0.4, -0.2) is 5.91 Å². The van der Waals surface area contributed by atoms with Crippen LogP contribution >= 0.6 is 11.6 Å². The average Bonchev–Trinajstić information content (AvgIpc) is 3.13. The molecule has 1 spiro atoms. The van der Waals surface area contributed by atoms with Crippen molar-refractivity contribution >= 4 is 28.8 Å². The SMILES string of the molecule is O=C1Nc2ccc(Cl)cc2C12C=C(c1ccccc1)c1ccccc12. The van der Waals surface area contributed by atoms with E-state index < -0.39 is 5.41 Å². The van der Waals surface area contributed by atoms with Crippen molar-refractivity contribution in [3.8, 4) is 0 Å². The van der Waals surface area contributed by atoms with Crippen LogP contribution in [0.25, 0.3) is 5.57 Å². The largest absolute Gasteiger partial charge is 0.324 e. The quantitative estimate of drug-likeness (QED) is 0.660. The molecule has 1 aliphatic heterocycles. The number of fused-ring (bicyclic) bond motifs is 4. The molecule has 3 heteroatoms. The molecular weight excluding hydrogens is 330 g/mol. The van der Waals surface area contributed by atoms with Crippen molar-refractivity contribution in [1.82, 2.24) is 0 Å². The van der Waals surface area contributed by atoms with E-state index in [9.17, 15) is 4.79 Å². The van der Waals surface area contributed by atoms with Crippen LogP contribution in [0.4, 0.5) is 5.69 Å². The molecule has 2 aliphatic rings. The maximum Gasteiger partial charge on any atom is 0.243 e. The van der Waals surface area contributed by atoms with Gasteiger partial charge in [-0.25, -0.2) is 0 Å². The normalized spacial score (nSPS) is 20.2. The minimum atomic E-state index is -0.817. The van der Waals surface area contributed by atoms with Gasteiger partial charge in [0, 0.05) is 16.3 Å². The van der Waals surface area contributed by atoms with E-state index in [4.69, 9.17) is 11.6 Å². The first-order valence-electron chi connectivity index (χ1n) is 8.20. The molecule has 5 rings (SSSR count). The lowest BCUT2D eigenvalue weighted by molar-refractivity contribution is -0.118. The Kier molecular flexibility index (Phi) is 2.94. The van der Waals surface area contributed by atoms with Crippen molar-refractivity contribution < 1.29 is 4.79 Å². The fourth-order valence-electron chi connectivity index (χ4n) is 4.00. The molecule has 0 radical (unpaired) electrons. The summed E-state index contributed by atoms with van der Waals surface area (Å²) in [7, 11) is 0. The van der Waals surface area contributed by atoms with Crippen LogP contribution in [0, 0.1) is 0 Å². The number of rotatable bonds is 1. The third-order valence-electron chi connectivity index (χ3n) is 5.10. The van der Waals surface area contributed by atoms with Crippen LogP contribution in [0.2, 0.25) is 5.02 Å². The zero-order valence-electron chi connectivity index (χ0n) is 13.3. The third kappa shape index (κ3) is 1.89. The Bertz CT molecular complexity index is 1050. The predicted octanol–water partition coefficient (Wildman–Crippen LogP) is 5.02. The Balaban J connectivity index is 1.85. The second-order valence-corrected chi connectivity index (χ2v) is 6.86. The number of anilines is 1.